The summed E-state index contributed by atoms with van der Waals surface area (Å²) in [5.41, 5.74) is 18.4. The predicted molar refractivity (Wildman–Crippen MR) is 254 cm³/mol. The van der Waals surface area contributed by atoms with Crippen LogP contribution in [-0.2, 0) is 10.8 Å². The fourth-order valence-corrected chi connectivity index (χ4v) is 11.7. The van der Waals surface area contributed by atoms with Crippen LogP contribution in [0.3, 0.4) is 0 Å². The van der Waals surface area contributed by atoms with Crippen LogP contribution in [0.25, 0.3) is 53.6 Å². The first-order chi connectivity index (χ1) is 29.5. The smallest absolute Gasteiger partial charge is 0.0720 e. The third-order valence-electron chi connectivity index (χ3n) is 13.4. The van der Waals surface area contributed by atoms with Gasteiger partial charge in [-0.15, -0.1) is 11.3 Å². The minimum absolute atomic E-state index is 0.150. The highest BCUT2D eigenvalue weighted by atomic mass is 32.1. The van der Waals surface area contributed by atoms with Crippen molar-refractivity contribution < 1.29 is 0 Å². The Hall–Kier alpha value is -7.00. The summed E-state index contributed by atoms with van der Waals surface area (Å²) in [5.74, 6) is 0. The SMILES string of the molecule is CC1(C)c2ccccc2C2(c3ccccc3-c3ccc(N(c4ccc(-c5ccccc5)cc4)c4ccc(-c5ccc6sc7ccccc7c6c5)cc4)cc32)c2ccccc21. The molecule has 1 aromatic heterocycles. The zero-order chi connectivity index (χ0) is 40.0. The molecule has 9 aromatic carbocycles. The summed E-state index contributed by atoms with van der Waals surface area (Å²) in [7, 11) is 0. The van der Waals surface area contributed by atoms with Crippen LogP contribution in [0.4, 0.5) is 17.1 Å². The second-order valence-corrected chi connectivity index (χ2v) is 17.9. The normalized spacial score (nSPS) is 14.1. The molecule has 0 unspecified atom stereocenters. The van der Waals surface area contributed by atoms with E-state index in [4.69, 9.17) is 0 Å². The first-order valence-electron chi connectivity index (χ1n) is 20.9. The third-order valence-corrected chi connectivity index (χ3v) is 14.5. The highest BCUT2D eigenvalue weighted by Crippen LogP contribution is 2.62. The lowest BCUT2D eigenvalue weighted by atomic mass is 9.55. The topological polar surface area (TPSA) is 3.24 Å². The van der Waals surface area contributed by atoms with Gasteiger partial charge in [0.05, 0.1) is 5.41 Å². The van der Waals surface area contributed by atoms with Crippen molar-refractivity contribution in [2.24, 2.45) is 0 Å². The molecule has 0 N–H and O–H groups in total. The number of rotatable bonds is 5. The summed E-state index contributed by atoms with van der Waals surface area (Å²) in [6, 6.07) is 79.2. The molecular weight excluding hydrogens is 743 g/mol. The van der Waals surface area contributed by atoms with Crippen LogP contribution in [0.1, 0.15) is 47.2 Å². The van der Waals surface area contributed by atoms with E-state index in [9.17, 15) is 0 Å². The molecule has 0 fully saturated rings. The number of benzene rings is 9. The van der Waals surface area contributed by atoms with Crippen LogP contribution < -0.4 is 4.90 Å². The van der Waals surface area contributed by atoms with E-state index in [1.807, 2.05) is 11.3 Å². The minimum atomic E-state index is -0.470. The fraction of sp³-hybridized carbons (Fsp3) is 0.0690. The Morgan fingerprint density at radius 1 is 0.333 bits per heavy atom. The number of thiophene rings is 1. The van der Waals surface area contributed by atoms with Crippen molar-refractivity contribution in [1.82, 2.24) is 0 Å². The lowest BCUT2D eigenvalue weighted by Gasteiger charge is -2.46. The van der Waals surface area contributed by atoms with Gasteiger partial charge in [-0.2, -0.15) is 0 Å². The van der Waals surface area contributed by atoms with Gasteiger partial charge in [0.2, 0.25) is 0 Å². The molecule has 0 saturated heterocycles. The molecule has 0 amide bonds. The van der Waals surface area contributed by atoms with Gasteiger partial charge in [0.1, 0.15) is 0 Å². The maximum atomic E-state index is 2.50. The Bertz CT molecular complexity index is 3230. The Labute approximate surface area is 355 Å². The van der Waals surface area contributed by atoms with Gasteiger partial charge in [-0.25, -0.2) is 0 Å². The summed E-state index contributed by atoms with van der Waals surface area (Å²) < 4.78 is 2.65. The molecule has 0 radical (unpaired) electrons. The van der Waals surface area contributed by atoms with Crippen LogP contribution in [0.15, 0.2) is 212 Å². The van der Waals surface area contributed by atoms with Crippen molar-refractivity contribution in [3.63, 3.8) is 0 Å². The van der Waals surface area contributed by atoms with Gasteiger partial charge in [0, 0.05) is 42.6 Å². The molecule has 2 aliphatic rings. The second-order valence-electron chi connectivity index (χ2n) is 16.8. The quantitative estimate of drug-likeness (QED) is 0.168. The summed E-state index contributed by atoms with van der Waals surface area (Å²) in [6.07, 6.45) is 0. The Kier molecular flexibility index (Phi) is 7.73. The molecule has 0 atom stereocenters. The molecule has 1 spiro atoms. The van der Waals surface area contributed by atoms with Crippen molar-refractivity contribution in [2.75, 3.05) is 4.90 Å². The lowest BCUT2D eigenvalue weighted by Crippen LogP contribution is -2.40. The van der Waals surface area contributed by atoms with Gasteiger partial charge >= 0.3 is 0 Å². The highest BCUT2D eigenvalue weighted by molar-refractivity contribution is 7.25. The first kappa shape index (κ1) is 35.0. The van der Waals surface area contributed by atoms with E-state index in [1.54, 1.807) is 0 Å². The molecule has 12 rings (SSSR count). The first-order valence-corrected chi connectivity index (χ1v) is 21.7. The molecule has 2 aliphatic carbocycles. The van der Waals surface area contributed by atoms with Gasteiger partial charge in [0.25, 0.3) is 0 Å². The summed E-state index contributed by atoms with van der Waals surface area (Å²) in [4.78, 5) is 2.44. The van der Waals surface area contributed by atoms with E-state index in [1.165, 1.54) is 86.9 Å². The largest absolute Gasteiger partial charge is 0.310 e. The molecule has 10 aromatic rings. The lowest BCUT2D eigenvalue weighted by molar-refractivity contribution is 0.563. The Balaban J connectivity index is 1.05. The van der Waals surface area contributed by atoms with Gasteiger partial charge < -0.3 is 4.90 Å². The van der Waals surface area contributed by atoms with E-state index >= 15 is 0 Å². The van der Waals surface area contributed by atoms with Gasteiger partial charge in [-0.05, 0) is 121 Å². The third kappa shape index (κ3) is 5.04. The van der Waals surface area contributed by atoms with Crippen molar-refractivity contribution in [3.05, 3.63) is 246 Å². The van der Waals surface area contributed by atoms with Crippen LogP contribution in [0, 0.1) is 0 Å². The van der Waals surface area contributed by atoms with E-state index in [0.29, 0.717) is 0 Å². The van der Waals surface area contributed by atoms with Crippen molar-refractivity contribution in [3.8, 4) is 33.4 Å². The van der Waals surface area contributed by atoms with Crippen LogP contribution >= 0.6 is 11.3 Å². The summed E-state index contributed by atoms with van der Waals surface area (Å²) in [6.45, 7) is 4.78. The maximum Gasteiger partial charge on any atom is 0.0720 e. The number of fused-ring (bicyclic) bond motifs is 12. The maximum absolute atomic E-state index is 2.50. The number of hydrogen-bond acceptors (Lipinski definition) is 2. The number of anilines is 3. The van der Waals surface area contributed by atoms with E-state index in [2.05, 4.69) is 231 Å². The molecule has 0 saturated carbocycles. The monoisotopic (exact) mass is 783 g/mol. The van der Waals surface area contributed by atoms with E-state index < -0.39 is 5.41 Å². The predicted octanol–water partition coefficient (Wildman–Crippen LogP) is 15.9. The van der Waals surface area contributed by atoms with E-state index in [0.717, 1.165) is 17.1 Å². The van der Waals surface area contributed by atoms with Gasteiger partial charge in [-0.1, -0.05) is 172 Å². The van der Waals surface area contributed by atoms with Crippen LogP contribution in [-0.4, -0.2) is 0 Å². The van der Waals surface area contributed by atoms with Crippen LogP contribution in [0.5, 0.6) is 0 Å². The zero-order valence-corrected chi connectivity index (χ0v) is 34.4. The molecule has 1 nitrogen and oxygen atoms in total. The average molecular weight is 784 g/mol. The Morgan fingerprint density at radius 2 is 0.817 bits per heavy atom. The number of nitrogens with zero attached hydrogens (tertiary/aromatic N) is 1. The minimum Gasteiger partial charge on any atom is -0.310 e. The molecule has 0 bridgehead atoms. The van der Waals surface area contributed by atoms with Crippen molar-refractivity contribution in [2.45, 2.75) is 24.7 Å². The molecular formula is C58H41NS. The highest BCUT2D eigenvalue weighted by Gasteiger charge is 2.53. The van der Waals surface area contributed by atoms with Gasteiger partial charge in [-0.3, -0.25) is 0 Å². The molecule has 2 heteroatoms. The fourth-order valence-electron chi connectivity index (χ4n) is 10.6. The summed E-state index contributed by atoms with van der Waals surface area (Å²) in [5, 5.41) is 2.64. The molecule has 60 heavy (non-hydrogen) atoms. The van der Waals surface area contributed by atoms with Crippen molar-refractivity contribution >= 4 is 48.6 Å². The molecule has 1 heterocycles. The van der Waals surface area contributed by atoms with E-state index in [-0.39, 0.29) is 5.41 Å². The Morgan fingerprint density at radius 3 is 1.50 bits per heavy atom. The molecule has 0 aliphatic heterocycles. The average Bonchev–Trinajstić information content (AvgIpc) is 3.82. The zero-order valence-electron chi connectivity index (χ0n) is 33.6. The standard InChI is InChI=1S/C58H41NS/c1-57(2)50-19-9-11-21-52(50)58(53-22-12-10-20-51(53)57)49-18-8-6-16-45(49)46-34-33-44(37-54(46)58)59(42-29-24-39(25-30-42)38-14-4-3-5-15-38)43-31-26-40(27-32-43)41-28-35-56-48(36-41)47-17-7-13-23-55(47)60-56/h3-37H,1-2H3. The van der Waals surface area contributed by atoms with Gasteiger partial charge in [0.15, 0.2) is 0 Å². The van der Waals surface area contributed by atoms with Crippen LogP contribution in [0.2, 0.25) is 0 Å². The number of hydrogen-bond donors (Lipinski definition) is 0. The summed E-state index contributed by atoms with van der Waals surface area (Å²) >= 11 is 1.86. The molecule has 284 valence electrons. The van der Waals surface area contributed by atoms with Crippen molar-refractivity contribution in [1.29, 1.82) is 0 Å². The second kappa shape index (κ2) is 13.3.